The maximum Gasteiger partial charge on any atom is 0.0657 e. The normalized spacial score (nSPS) is 8.67. The number of benzene rings is 2. The Balaban J connectivity index is 0.000000342. The summed E-state index contributed by atoms with van der Waals surface area (Å²) in [5.41, 5.74) is 4.73. The summed E-state index contributed by atoms with van der Waals surface area (Å²) in [5.74, 6) is 0. The van der Waals surface area contributed by atoms with Crippen molar-refractivity contribution in [1.82, 2.24) is 0 Å². The molecule has 0 aliphatic carbocycles. The van der Waals surface area contributed by atoms with Crippen molar-refractivity contribution in [1.29, 1.82) is 0 Å². The molecule has 2 aromatic carbocycles. The summed E-state index contributed by atoms with van der Waals surface area (Å²) in [4.78, 5) is 4.38. The van der Waals surface area contributed by atoms with E-state index in [4.69, 9.17) is 0 Å². The van der Waals surface area contributed by atoms with Crippen LogP contribution in [0.15, 0.2) is 59.6 Å². The molecule has 0 aromatic heterocycles. The zero-order chi connectivity index (χ0) is 16.1. The first-order valence-corrected chi connectivity index (χ1v) is 7.60. The van der Waals surface area contributed by atoms with Crippen LogP contribution in [0.4, 0.5) is 5.69 Å². The van der Waals surface area contributed by atoms with Gasteiger partial charge in [0.25, 0.3) is 0 Å². The number of rotatable bonds is 1. The molecule has 1 heteroatoms. The molecule has 0 fully saturated rings. The Kier molecular flexibility index (Phi) is 10.8. The predicted molar refractivity (Wildman–Crippen MR) is 96.8 cm³/mol. The molecule has 114 valence electrons. The Bertz CT molecular complexity index is 508. The van der Waals surface area contributed by atoms with Gasteiger partial charge in [0.05, 0.1) is 5.69 Å². The zero-order valence-corrected chi connectivity index (χ0v) is 14.4. The molecule has 0 saturated heterocycles. The molecule has 0 aliphatic heterocycles. The summed E-state index contributed by atoms with van der Waals surface area (Å²) in [6.45, 7) is 12.4. The van der Waals surface area contributed by atoms with Crippen LogP contribution >= 0.6 is 0 Å². The summed E-state index contributed by atoms with van der Waals surface area (Å²) in [6.07, 6.45) is 1.25. The van der Waals surface area contributed by atoms with Crippen LogP contribution in [0.5, 0.6) is 0 Å². The topological polar surface area (TPSA) is 12.4 Å². The molecule has 0 saturated carbocycles. The van der Waals surface area contributed by atoms with E-state index < -0.39 is 0 Å². The van der Waals surface area contributed by atoms with Crippen molar-refractivity contribution in [2.45, 2.75) is 48.0 Å². The molecule has 0 unspecified atom stereocenters. The Morgan fingerprint density at radius 2 is 1.29 bits per heavy atom. The highest BCUT2D eigenvalue weighted by Gasteiger charge is 1.91. The second-order valence-corrected chi connectivity index (χ2v) is 5.21. The fraction of sp³-hybridized carbons (Fsp3) is 0.350. The van der Waals surface area contributed by atoms with Crippen LogP contribution in [-0.2, 0) is 0 Å². The third-order valence-electron chi connectivity index (χ3n) is 2.40. The second kappa shape index (κ2) is 11.9. The van der Waals surface area contributed by atoms with E-state index in [0.29, 0.717) is 0 Å². The molecule has 0 bridgehead atoms. The average Bonchev–Trinajstić information content (AvgIpc) is 2.43. The van der Waals surface area contributed by atoms with Crippen LogP contribution in [0.3, 0.4) is 0 Å². The second-order valence-electron chi connectivity index (χ2n) is 5.21. The fourth-order valence-corrected chi connectivity index (χ4v) is 1.46. The van der Waals surface area contributed by atoms with Crippen molar-refractivity contribution in [3.63, 3.8) is 0 Å². The number of hydrogen-bond donors (Lipinski definition) is 0. The van der Waals surface area contributed by atoms with Gasteiger partial charge in [-0.1, -0.05) is 74.4 Å². The molecule has 0 radical (unpaired) electrons. The molecule has 0 N–H and O–H groups in total. The summed E-state index contributed by atoms with van der Waals surface area (Å²) in [7, 11) is 0. The van der Waals surface area contributed by atoms with Gasteiger partial charge in [-0.25, -0.2) is 0 Å². The highest BCUT2D eigenvalue weighted by Crippen LogP contribution is 2.16. The monoisotopic (exact) mass is 283 g/mol. The van der Waals surface area contributed by atoms with E-state index in [1.165, 1.54) is 17.5 Å². The van der Waals surface area contributed by atoms with E-state index in [2.05, 4.69) is 50.9 Å². The zero-order valence-electron chi connectivity index (χ0n) is 14.4. The predicted octanol–water partition coefficient (Wildman–Crippen LogP) is 6.52. The van der Waals surface area contributed by atoms with Gasteiger partial charge in [-0.05, 0) is 39.3 Å². The van der Waals surface area contributed by atoms with Crippen molar-refractivity contribution >= 4 is 11.4 Å². The highest BCUT2D eigenvalue weighted by atomic mass is 14.7. The molecule has 0 spiro atoms. The van der Waals surface area contributed by atoms with Gasteiger partial charge in [-0.3, -0.25) is 4.99 Å². The molecule has 2 rings (SSSR count). The third-order valence-corrected chi connectivity index (χ3v) is 2.40. The van der Waals surface area contributed by atoms with Crippen LogP contribution < -0.4 is 0 Å². The Labute approximate surface area is 130 Å². The summed E-state index contributed by atoms with van der Waals surface area (Å²) in [5, 5.41) is 0. The van der Waals surface area contributed by atoms with Gasteiger partial charge >= 0.3 is 0 Å². The lowest BCUT2D eigenvalue weighted by Gasteiger charge is -1.98. The Morgan fingerprint density at radius 1 is 0.810 bits per heavy atom. The molecule has 0 aliphatic rings. The standard InChI is InChI=1S/C10H13N.C7H8.C3H8/c1-8(2)11-10-7-5-4-6-9(10)3;1-7-5-3-2-4-6-7;1-3-2/h4-7H,1-3H3;2-6H,1H3;3H2,1-2H3. The number of nitrogens with zero attached hydrogens (tertiary/aromatic N) is 1. The average molecular weight is 283 g/mol. The lowest BCUT2D eigenvalue weighted by molar-refractivity contribution is 1.09. The van der Waals surface area contributed by atoms with Gasteiger partial charge < -0.3 is 0 Å². The molecule has 21 heavy (non-hydrogen) atoms. The molecule has 1 nitrogen and oxygen atoms in total. The van der Waals surface area contributed by atoms with E-state index in [1.807, 2.05) is 50.2 Å². The van der Waals surface area contributed by atoms with E-state index in [-0.39, 0.29) is 0 Å². The largest absolute Gasteiger partial charge is 0.258 e. The van der Waals surface area contributed by atoms with Crippen molar-refractivity contribution in [3.8, 4) is 0 Å². The van der Waals surface area contributed by atoms with E-state index >= 15 is 0 Å². The van der Waals surface area contributed by atoms with Crippen LogP contribution in [-0.4, -0.2) is 5.71 Å². The summed E-state index contributed by atoms with van der Waals surface area (Å²) >= 11 is 0. The van der Waals surface area contributed by atoms with Crippen LogP contribution in [0.1, 0.15) is 45.2 Å². The number of para-hydroxylation sites is 1. The van der Waals surface area contributed by atoms with E-state index in [1.54, 1.807) is 0 Å². The van der Waals surface area contributed by atoms with Crippen LogP contribution in [0, 0.1) is 13.8 Å². The molecular formula is C20H29N. The molecule has 0 amide bonds. The van der Waals surface area contributed by atoms with E-state index in [0.717, 1.165) is 11.4 Å². The quantitative estimate of drug-likeness (QED) is 0.528. The number of aliphatic imine (C=N–C) groups is 1. The van der Waals surface area contributed by atoms with Gasteiger partial charge in [0.15, 0.2) is 0 Å². The minimum atomic E-state index is 1.08. The van der Waals surface area contributed by atoms with Crippen molar-refractivity contribution in [3.05, 3.63) is 65.7 Å². The van der Waals surface area contributed by atoms with Crippen LogP contribution in [0.2, 0.25) is 0 Å². The third kappa shape index (κ3) is 10.5. The van der Waals surface area contributed by atoms with Crippen molar-refractivity contribution in [2.24, 2.45) is 4.99 Å². The number of hydrogen-bond acceptors (Lipinski definition) is 1. The summed E-state index contributed by atoms with van der Waals surface area (Å²) < 4.78 is 0. The first-order valence-electron chi connectivity index (χ1n) is 7.60. The van der Waals surface area contributed by atoms with Gasteiger partial charge in [-0.15, -0.1) is 0 Å². The first kappa shape index (κ1) is 19.1. The Morgan fingerprint density at radius 3 is 1.67 bits per heavy atom. The fourth-order valence-electron chi connectivity index (χ4n) is 1.46. The van der Waals surface area contributed by atoms with Gasteiger partial charge in [-0.2, -0.15) is 0 Å². The molecule has 0 atom stereocenters. The molecule has 2 aromatic rings. The van der Waals surface area contributed by atoms with Gasteiger partial charge in [0, 0.05) is 5.71 Å². The lowest BCUT2D eigenvalue weighted by atomic mass is 10.2. The van der Waals surface area contributed by atoms with Gasteiger partial charge in [0.1, 0.15) is 0 Å². The lowest BCUT2D eigenvalue weighted by Crippen LogP contribution is -1.80. The minimum absolute atomic E-state index is 1.08. The Hall–Kier alpha value is -1.89. The maximum absolute atomic E-state index is 4.38. The first-order chi connectivity index (χ1) is 10.0. The SMILES string of the molecule is CC(C)=Nc1ccccc1C.CCC.Cc1ccccc1. The molecular weight excluding hydrogens is 254 g/mol. The smallest absolute Gasteiger partial charge is 0.0657 e. The summed E-state index contributed by atoms with van der Waals surface area (Å²) in [6, 6.07) is 18.4. The van der Waals surface area contributed by atoms with E-state index in [9.17, 15) is 0 Å². The molecule has 0 heterocycles. The van der Waals surface area contributed by atoms with Crippen LogP contribution in [0.25, 0.3) is 0 Å². The van der Waals surface area contributed by atoms with Crippen molar-refractivity contribution in [2.75, 3.05) is 0 Å². The maximum atomic E-state index is 4.38. The number of aryl methyl sites for hydroxylation is 2. The minimum Gasteiger partial charge on any atom is -0.258 e. The van der Waals surface area contributed by atoms with Crippen molar-refractivity contribution < 1.29 is 0 Å². The van der Waals surface area contributed by atoms with Gasteiger partial charge in [0.2, 0.25) is 0 Å². The highest BCUT2D eigenvalue weighted by molar-refractivity contribution is 5.82.